The van der Waals surface area contributed by atoms with Gasteiger partial charge < -0.3 is 15.2 Å². The van der Waals surface area contributed by atoms with Gasteiger partial charge in [-0.3, -0.25) is 4.79 Å². The van der Waals surface area contributed by atoms with Crippen LogP contribution in [0.5, 0.6) is 0 Å². The van der Waals surface area contributed by atoms with Crippen molar-refractivity contribution in [3.63, 3.8) is 0 Å². The third-order valence-corrected chi connectivity index (χ3v) is 4.90. The van der Waals surface area contributed by atoms with Crippen LogP contribution in [0.25, 0.3) is 11.5 Å². The van der Waals surface area contributed by atoms with Gasteiger partial charge in [-0.2, -0.15) is 0 Å². The summed E-state index contributed by atoms with van der Waals surface area (Å²) in [6, 6.07) is 10.8. The van der Waals surface area contributed by atoms with Crippen LogP contribution in [0.2, 0.25) is 0 Å². The van der Waals surface area contributed by atoms with Gasteiger partial charge >= 0.3 is 0 Å². The van der Waals surface area contributed by atoms with Gasteiger partial charge in [0, 0.05) is 36.9 Å². The van der Waals surface area contributed by atoms with E-state index in [2.05, 4.69) is 40.8 Å². The van der Waals surface area contributed by atoms with Gasteiger partial charge in [-0.15, -0.1) is 10.2 Å². The Balaban J connectivity index is 1.44. The summed E-state index contributed by atoms with van der Waals surface area (Å²) in [4.78, 5) is 29.5. The predicted octanol–water partition coefficient (Wildman–Crippen LogP) is 2.34. The number of rotatable bonds is 7. The van der Waals surface area contributed by atoms with Gasteiger partial charge in [-0.25, -0.2) is 19.9 Å². The molecule has 1 amide bonds. The molecule has 1 aromatic carbocycles. The fourth-order valence-corrected chi connectivity index (χ4v) is 3.15. The quantitative estimate of drug-likeness (QED) is 0.459. The summed E-state index contributed by atoms with van der Waals surface area (Å²) >= 11 is 0. The molecule has 162 valence electrons. The lowest BCUT2D eigenvalue weighted by Gasteiger charge is -2.24. The van der Waals surface area contributed by atoms with E-state index < -0.39 is 5.54 Å². The van der Waals surface area contributed by atoms with Crippen LogP contribution in [-0.4, -0.2) is 40.6 Å². The fraction of sp³-hybridized carbons (Fsp3) is 0.227. The molecule has 2 N–H and O–H groups in total. The number of nitrogens with one attached hydrogen (secondary N) is 2. The number of carbonyl (C=O) groups excluding carboxylic acids is 1. The van der Waals surface area contributed by atoms with E-state index in [0.29, 0.717) is 29.5 Å². The van der Waals surface area contributed by atoms with Crippen molar-refractivity contribution in [3.05, 3.63) is 78.5 Å². The minimum atomic E-state index is -0.711. The highest BCUT2D eigenvalue weighted by Gasteiger charge is 2.26. The van der Waals surface area contributed by atoms with Crippen molar-refractivity contribution >= 4 is 11.6 Å². The number of carbonyl (C=O) groups is 1. The van der Waals surface area contributed by atoms with Crippen LogP contribution in [0.3, 0.4) is 0 Å². The van der Waals surface area contributed by atoms with Crippen LogP contribution in [-0.2, 0) is 19.1 Å². The maximum Gasteiger partial charge on any atom is 0.252 e. The Morgan fingerprint density at radius 2 is 1.84 bits per heavy atom. The lowest BCUT2D eigenvalue weighted by molar-refractivity contribution is 0.0908. The molecule has 0 saturated carbocycles. The molecule has 0 saturated heterocycles. The first-order chi connectivity index (χ1) is 15.4. The van der Waals surface area contributed by atoms with Crippen molar-refractivity contribution in [3.8, 4) is 11.5 Å². The number of aromatic nitrogens is 7. The zero-order valence-electron chi connectivity index (χ0n) is 18.0. The zero-order valence-corrected chi connectivity index (χ0v) is 18.0. The third kappa shape index (κ3) is 4.59. The SMILES string of the molecule is Cn1c(CNc2cccc(C(=O)NC(C)(C)c3ncccn3)c2)nnc1-c1ccncn1. The number of hydrogen-bond donors (Lipinski definition) is 2. The van der Waals surface area contributed by atoms with Crippen molar-refractivity contribution in [2.75, 3.05) is 5.32 Å². The van der Waals surface area contributed by atoms with Gasteiger partial charge in [0.05, 0.1) is 12.1 Å². The Morgan fingerprint density at radius 1 is 1.03 bits per heavy atom. The van der Waals surface area contributed by atoms with Crippen LogP contribution >= 0.6 is 0 Å². The number of anilines is 1. The maximum absolute atomic E-state index is 12.8. The summed E-state index contributed by atoms with van der Waals surface area (Å²) in [5.41, 5.74) is 1.30. The summed E-state index contributed by atoms with van der Waals surface area (Å²) < 4.78 is 1.87. The lowest BCUT2D eigenvalue weighted by Crippen LogP contribution is -2.42. The van der Waals surface area contributed by atoms with Gasteiger partial charge in [0.2, 0.25) is 0 Å². The van der Waals surface area contributed by atoms with E-state index in [1.54, 1.807) is 42.9 Å². The zero-order chi connectivity index (χ0) is 22.6. The number of benzene rings is 1. The minimum Gasteiger partial charge on any atom is -0.378 e. The molecule has 0 aliphatic heterocycles. The normalized spacial score (nSPS) is 11.2. The summed E-state index contributed by atoms with van der Waals surface area (Å²) in [6.07, 6.45) is 6.45. The highest BCUT2D eigenvalue weighted by atomic mass is 16.1. The van der Waals surface area contributed by atoms with Crippen molar-refractivity contribution < 1.29 is 4.79 Å². The van der Waals surface area contributed by atoms with Crippen LogP contribution in [0.15, 0.2) is 61.3 Å². The molecular formula is C22H23N9O. The molecule has 4 rings (SSSR count). The molecule has 0 atom stereocenters. The Kier molecular flexibility index (Phi) is 5.84. The molecule has 3 heterocycles. The topological polar surface area (TPSA) is 123 Å². The monoisotopic (exact) mass is 429 g/mol. The average Bonchev–Trinajstić information content (AvgIpc) is 3.19. The van der Waals surface area contributed by atoms with Gasteiger partial charge in [-0.05, 0) is 44.2 Å². The highest BCUT2D eigenvalue weighted by Crippen LogP contribution is 2.18. The molecular weight excluding hydrogens is 406 g/mol. The Bertz CT molecular complexity index is 1210. The first kappa shape index (κ1) is 21.0. The molecule has 10 nitrogen and oxygen atoms in total. The van der Waals surface area contributed by atoms with Crippen molar-refractivity contribution in [1.29, 1.82) is 0 Å². The first-order valence-corrected chi connectivity index (χ1v) is 10.0. The minimum absolute atomic E-state index is 0.212. The molecule has 4 aromatic rings. The largest absolute Gasteiger partial charge is 0.378 e. The highest BCUT2D eigenvalue weighted by molar-refractivity contribution is 5.95. The van der Waals surface area contributed by atoms with Gasteiger partial charge in [0.1, 0.15) is 12.0 Å². The van der Waals surface area contributed by atoms with Crippen LogP contribution in [0, 0.1) is 0 Å². The lowest BCUT2D eigenvalue weighted by atomic mass is 10.0. The molecule has 32 heavy (non-hydrogen) atoms. The van der Waals surface area contributed by atoms with Crippen molar-refractivity contribution in [1.82, 2.24) is 40.0 Å². The second-order valence-electron chi connectivity index (χ2n) is 7.68. The summed E-state index contributed by atoms with van der Waals surface area (Å²) in [5.74, 6) is 1.72. The number of nitrogens with zero attached hydrogens (tertiary/aromatic N) is 7. The fourth-order valence-electron chi connectivity index (χ4n) is 3.15. The smallest absolute Gasteiger partial charge is 0.252 e. The molecule has 0 spiro atoms. The molecule has 0 bridgehead atoms. The van der Waals surface area contributed by atoms with Crippen molar-refractivity contribution in [2.24, 2.45) is 7.05 Å². The maximum atomic E-state index is 12.8. The number of amides is 1. The molecule has 3 aromatic heterocycles. The Morgan fingerprint density at radius 3 is 2.59 bits per heavy atom. The number of hydrogen-bond acceptors (Lipinski definition) is 8. The Labute approximate surface area is 185 Å². The predicted molar refractivity (Wildman–Crippen MR) is 118 cm³/mol. The Hall–Kier alpha value is -4.21. The van der Waals surface area contributed by atoms with E-state index >= 15 is 0 Å². The average molecular weight is 429 g/mol. The van der Waals surface area contributed by atoms with E-state index in [1.807, 2.05) is 37.6 Å². The van der Waals surface area contributed by atoms with E-state index in [-0.39, 0.29) is 5.91 Å². The van der Waals surface area contributed by atoms with E-state index in [0.717, 1.165) is 11.5 Å². The molecule has 0 aliphatic carbocycles. The van der Waals surface area contributed by atoms with Gasteiger partial charge in [0.25, 0.3) is 5.91 Å². The van der Waals surface area contributed by atoms with Gasteiger partial charge in [0.15, 0.2) is 17.5 Å². The standard InChI is InChI=1S/C22H23N9O/c1-22(2,21-24-9-5-10-25-21)28-20(32)15-6-4-7-16(12-15)26-13-18-29-30-19(31(18)3)17-8-11-23-14-27-17/h4-12,14,26H,13H2,1-3H3,(H,28,32). The molecule has 10 heteroatoms. The molecule has 0 radical (unpaired) electrons. The van der Waals surface area contributed by atoms with Crippen molar-refractivity contribution in [2.45, 2.75) is 25.9 Å². The second-order valence-corrected chi connectivity index (χ2v) is 7.68. The van der Waals surface area contributed by atoms with E-state index in [4.69, 9.17) is 0 Å². The molecule has 0 unspecified atom stereocenters. The van der Waals surface area contributed by atoms with Crippen LogP contribution in [0.1, 0.15) is 35.9 Å². The summed E-state index contributed by atoms with van der Waals surface area (Å²) in [6.45, 7) is 4.17. The molecule has 0 fully saturated rings. The van der Waals surface area contributed by atoms with Crippen LogP contribution in [0.4, 0.5) is 5.69 Å². The van der Waals surface area contributed by atoms with Crippen LogP contribution < -0.4 is 10.6 Å². The van der Waals surface area contributed by atoms with Gasteiger partial charge in [-0.1, -0.05) is 6.07 Å². The van der Waals surface area contributed by atoms with E-state index in [9.17, 15) is 4.79 Å². The first-order valence-electron chi connectivity index (χ1n) is 10.0. The summed E-state index contributed by atoms with van der Waals surface area (Å²) in [7, 11) is 1.88. The molecule has 0 aliphatic rings. The third-order valence-electron chi connectivity index (χ3n) is 4.90. The second kappa shape index (κ2) is 8.88. The summed E-state index contributed by atoms with van der Waals surface area (Å²) in [5, 5.41) is 14.7. The van der Waals surface area contributed by atoms with E-state index in [1.165, 1.54) is 6.33 Å².